The third kappa shape index (κ3) is 3.36. The fourth-order valence-electron chi connectivity index (χ4n) is 5.72. The van der Waals surface area contributed by atoms with Gasteiger partial charge in [0, 0.05) is 22.5 Å². The van der Waals surface area contributed by atoms with Gasteiger partial charge in [-0.05, 0) is 34.6 Å². The Kier molecular flexibility index (Phi) is 5.82. The molecule has 0 aromatic carbocycles. The molecule has 1 saturated carbocycles. The van der Waals surface area contributed by atoms with Crippen LogP contribution >= 0.6 is 0 Å². The number of epoxide rings is 1. The zero-order chi connectivity index (χ0) is 25.3. The first-order valence-corrected chi connectivity index (χ1v) is 11.5. The Morgan fingerprint density at radius 2 is 1.85 bits per heavy atom. The number of ether oxygens (including phenoxy) is 4. The van der Waals surface area contributed by atoms with E-state index in [-0.39, 0.29) is 11.7 Å². The van der Waals surface area contributed by atoms with Gasteiger partial charge in [-0.2, -0.15) is 0 Å². The molecule has 2 N–H and O–H groups in total. The van der Waals surface area contributed by atoms with E-state index in [1.807, 2.05) is 0 Å². The largest absolute Gasteiger partial charge is 0.458 e. The Bertz CT molecular complexity index is 1010. The second kappa shape index (κ2) is 8.03. The first-order chi connectivity index (χ1) is 15.8. The number of carbonyl (C=O) groups is 3. The smallest absolute Gasteiger partial charge is 0.341 e. The number of hydrogen-bond donors (Lipinski definition) is 2. The lowest BCUT2D eigenvalue weighted by Gasteiger charge is -2.57. The molecule has 4 aliphatic rings. The zero-order valence-electron chi connectivity index (χ0n) is 20.2. The van der Waals surface area contributed by atoms with Gasteiger partial charge in [-0.25, -0.2) is 14.4 Å². The van der Waals surface area contributed by atoms with E-state index in [0.717, 1.165) is 0 Å². The predicted octanol–water partition coefficient (Wildman–Crippen LogP) is 1.37. The number of esters is 3. The molecule has 0 aromatic rings. The lowest BCUT2D eigenvalue weighted by atomic mass is 9.52. The number of hydrogen-bond acceptors (Lipinski definition) is 9. The van der Waals surface area contributed by atoms with Crippen molar-refractivity contribution in [2.45, 2.75) is 83.8 Å². The van der Waals surface area contributed by atoms with Crippen LogP contribution in [-0.2, 0) is 33.3 Å². The maximum atomic E-state index is 13.1. The van der Waals surface area contributed by atoms with Crippen LogP contribution in [0.2, 0.25) is 0 Å². The van der Waals surface area contributed by atoms with E-state index in [4.69, 9.17) is 18.9 Å². The molecule has 4 rings (SSSR count). The molecular formula is C25H32O9. The standard InChI is InChI=1S/C25H32O9/c1-8-10(2)21(28)33-20-18(32-23(30)25(7)13(5)34-25)15-12(4)22(29)31-17(15)16-11(3)9-14(26)19(27)24(16,20)6/h8-9,13-20,26-27H,4H2,1-3,5-7H3/b10-8-/t13-,14+,15+,16-,17-,18+,19-,20-,24-,25-/m1/s1. The monoisotopic (exact) mass is 476 g/mol. The van der Waals surface area contributed by atoms with Crippen LogP contribution in [0.5, 0.6) is 0 Å². The minimum absolute atomic E-state index is 0.0944. The van der Waals surface area contributed by atoms with Crippen LogP contribution in [0, 0.1) is 17.3 Å². The summed E-state index contributed by atoms with van der Waals surface area (Å²) in [6.45, 7) is 13.9. The molecule has 0 unspecified atom stereocenters. The molecule has 0 amide bonds. The van der Waals surface area contributed by atoms with Crippen molar-refractivity contribution in [2.24, 2.45) is 17.3 Å². The molecule has 2 saturated heterocycles. The van der Waals surface area contributed by atoms with Gasteiger partial charge in [-0.15, -0.1) is 0 Å². The Hall–Kier alpha value is -2.49. The molecule has 186 valence electrons. The number of aliphatic hydroxyl groups excluding tert-OH is 2. The van der Waals surface area contributed by atoms with E-state index in [0.29, 0.717) is 11.1 Å². The topological polar surface area (TPSA) is 132 Å². The second-order valence-electron chi connectivity index (χ2n) is 10.1. The molecule has 0 spiro atoms. The average Bonchev–Trinajstić information content (AvgIpc) is 3.30. The van der Waals surface area contributed by atoms with Crippen molar-refractivity contribution in [1.29, 1.82) is 0 Å². The second-order valence-corrected chi connectivity index (χ2v) is 10.1. The molecule has 9 heteroatoms. The number of fused-ring (bicyclic) bond motifs is 3. The maximum Gasteiger partial charge on any atom is 0.341 e. The summed E-state index contributed by atoms with van der Waals surface area (Å²) in [4.78, 5) is 38.6. The van der Waals surface area contributed by atoms with Crippen molar-refractivity contribution >= 4 is 17.9 Å². The third-order valence-electron chi connectivity index (χ3n) is 8.19. The molecule has 0 bridgehead atoms. The molecule has 0 radical (unpaired) electrons. The van der Waals surface area contributed by atoms with Crippen molar-refractivity contribution in [3.63, 3.8) is 0 Å². The summed E-state index contributed by atoms with van der Waals surface area (Å²) in [5.41, 5.74) is -1.45. The van der Waals surface area contributed by atoms with E-state index in [1.165, 1.54) is 6.08 Å². The summed E-state index contributed by atoms with van der Waals surface area (Å²) in [5, 5.41) is 21.8. The molecule has 3 fully saturated rings. The molecule has 34 heavy (non-hydrogen) atoms. The van der Waals surface area contributed by atoms with Gasteiger partial charge in [-0.3, -0.25) is 0 Å². The summed E-state index contributed by atoms with van der Waals surface area (Å²) in [7, 11) is 0. The van der Waals surface area contributed by atoms with Crippen LogP contribution in [0.3, 0.4) is 0 Å². The van der Waals surface area contributed by atoms with Crippen LogP contribution in [0.4, 0.5) is 0 Å². The van der Waals surface area contributed by atoms with E-state index < -0.39 is 71.3 Å². The van der Waals surface area contributed by atoms with Gasteiger partial charge in [0.2, 0.25) is 0 Å². The minimum atomic E-state index is -1.40. The van der Waals surface area contributed by atoms with Crippen molar-refractivity contribution in [3.05, 3.63) is 35.5 Å². The van der Waals surface area contributed by atoms with Gasteiger partial charge in [0.05, 0.1) is 24.2 Å². The molecule has 2 aliphatic carbocycles. The van der Waals surface area contributed by atoms with Crippen molar-refractivity contribution in [1.82, 2.24) is 0 Å². The van der Waals surface area contributed by atoms with Gasteiger partial charge in [0.1, 0.15) is 18.3 Å². The Morgan fingerprint density at radius 3 is 2.41 bits per heavy atom. The first kappa shape index (κ1) is 24.6. The molecule has 2 aliphatic heterocycles. The molecule has 10 atom stereocenters. The Balaban J connectivity index is 1.86. The zero-order valence-corrected chi connectivity index (χ0v) is 20.2. The van der Waals surface area contributed by atoms with Crippen LogP contribution in [-0.4, -0.2) is 70.3 Å². The highest BCUT2D eigenvalue weighted by atomic mass is 16.7. The van der Waals surface area contributed by atoms with Crippen LogP contribution in [0.1, 0.15) is 41.5 Å². The predicted molar refractivity (Wildman–Crippen MR) is 118 cm³/mol. The summed E-state index contributed by atoms with van der Waals surface area (Å²) < 4.78 is 22.9. The van der Waals surface area contributed by atoms with Gasteiger partial charge >= 0.3 is 17.9 Å². The quantitative estimate of drug-likeness (QED) is 0.203. The van der Waals surface area contributed by atoms with Crippen LogP contribution in [0.15, 0.2) is 35.5 Å². The normalized spacial score (nSPS) is 45.5. The van der Waals surface area contributed by atoms with Gasteiger partial charge in [0.25, 0.3) is 0 Å². The molecule has 0 aromatic heterocycles. The molecule has 9 nitrogen and oxygen atoms in total. The van der Waals surface area contributed by atoms with Crippen molar-refractivity contribution in [3.8, 4) is 0 Å². The van der Waals surface area contributed by atoms with Crippen LogP contribution < -0.4 is 0 Å². The Labute approximate surface area is 198 Å². The van der Waals surface area contributed by atoms with Gasteiger partial charge in [0.15, 0.2) is 5.60 Å². The van der Waals surface area contributed by atoms with E-state index in [9.17, 15) is 24.6 Å². The lowest BCUT2D eigenvalue weighted by molar-refractivity contribution is -0.238. The maximum absolute atomic E-state index is 13.1. The lowest BCUT2D eigenvalue weighted by Crippen LogP contribution is -2.69. The van der Waals surface area contributed by atoms with E-state index >= 15 is 0 Å². The minimum Gasteiger partial charge on any atom is -0.458 e. The highest BCUT2D eigenvalue weighted by Crippen LogP contribution is 2.58. The SMILES string of the molecule is C=C1C(=O)O[C@@H]2[C@H]1[C@H](OC(=O)[C@]1(C)O[C@@H]1C)[C@@H](OC(=O)/C(C)=C\C)[C@@]1(C)[C@H](O)[C@@H](O)C=C(C)[C@H]21. The first-order valence-electron chi connectivity index (χ1n) is 11.5. The van der Waals surface area contributed by atoms with E-state index in [2.05, 4.69) is 6.58 Å². The fourth-order valence-corrected chi connectivity index (χ4v) is 5.72. The summed E-state index contributed by atoms with van der Waals surface area (Å²) in [5.74, 6) is -3.43. The number of allylic oxidation sites excluding steroid dienone is 1. The fraction of sp³-hybridized carbons (Fsp3) is 0.640. The molecule has 2 heterocycles. The van der Waals surface area contributed by atoms with Crippen molar-refractivity contribution in [2.75, 3.05) is 0 Å². The van der Waals surface area contributed by atoms with Crippen molar-refractivity contribution < 1.29 is 43.5 Å². The van der Waals surface area contributed by atoms with Crippen LogP contribution in [0.25, 0.3) is 0 Å². The summed E-state index contributed by atoms with van der Waals surface area (Å²) >= 11 is 0. The highest BCUT2D eigenvalue weighted by molar-refractivity contribution is 5.92. The highest BCUT2D eigenvalue weighted by Gasteiger charge is 2.70. The third-order valence-corrected chi connectivity index (χ3v) is 8.19. The number of rotatable bonds is 4. The van der Waals surface area contributed by atoms with Gasteiger partial charge < -0.3 is 29.2 Å². The average molecular weight is 477 g/mol. The Morgan fingerprint density at radius 1 is 1.24 bits per heavy atom. The number of carbonyl (C=O) groups excluding carboxylic acids is 3. The van der Waals surface area contributed by atoms with E-state index in [1.54, 1.807) is 47.6 Å². The molecular weight excluding hydrogens is 444 g/mol. The summed E-state index contributed by atoms with van der Waals surface area (Å²) in [6.07, 6.45) is -3.20. The van der Waals surface area contributed by atoms with Gasteiger partial charge in [-0.1, -0.05) is 31.2 Å². The number of aliphatic hydroxyl groups is 2. The summed E-state index contributed by atoms with van der Waals surface area (Å²) in [6, 6.07) is 0.